The molecule has 2 amide bonds. The molecular weight excluding hydrogens is 326 g/mol. The van der Waals surface area contributed by atoms with Crippen LogP contribution in [0.4, 0.5) is 5.69 Å². The van der Waals surface area contributed by atoms with E-state index in [1.165, 1.54) is 6.21 Å². The predicted molar refractivity (Wildman–Crippen MR) is 96.5 cm³/mol. The standard InChI is InChI=1S/C18H18ClN3O2/c1-2-4-17(23)21-16-9-7-14(8-10-16)18(24)22-20-12-13-5-3-6-15(19)11-13/h3,5-12H,2,4H2,1H3,(H,21,23)(H,22,24). The summed E-state index contributed by atoms with van der Waals surface area (Å²) in [5.74, 6) is -0.375. The van der Waals surface area contributed by atoms with Gasteiger partial charge in [-0.05, 0) is 48.4 Å². The molecule has 2 rings (SSSR count). The van der Waals surface area contributed by atoms with E-state index in [0.717, 1.165) is 12.0 Å². The van der Waals surface area contributed by atoms with Crippen LogP contribution in [0.2, 0.25) is 5.02 Å². The number of carbonyl (C=O) groups is 2. The van der Waals surface area contributed by atoms with Gasteiger partial charge in [-0.2, -0.15) is 5.10 Å². The topological polar surface area (TPSA) is 70.6 Å². The monoisotopic (exact) mass is 343 g/mol. The second-order valence-electron chi connectivity index (χ2n) is 5.13. The van der Waals surface area contributed by atoms with Gasteiger partial charge in [0, 0.05) is 22.7 Å². The van der Waals surface area contributed by atoms with Gasteiger partial charge < -0.3 is 5.32 Å². The molecule has 0 radical (unpaired) electrons. The van der Waals surface area contributed by atoms with E-state index < -0.39 is 0 Å². The highest BCUT2D eigenvalue weighted by Gasteiger charge is 2.05. The Hall–Kier alpha value is -2.66. The summed E-state index contributed by atoms with van der Waals surface area (Å²) in [6.07, 6.45) is 2.78. The summed E-state index contributed by atoms with van der Waals surface area (Å²) in [7, 11) is 0. The minimum Gasteiger partial charge on any atom is -0.326 e. The van der Waals surface area contributed by atoms with Gasteiger partial charge in [-0.25, -0.2) is 5.43 Å². The Kier molecular flexibility index (Phi) is 6.51. The van der Waals surface area contributed by atoms with Crippen molar-refractivity contribution in [2.75, 3.05) is 5.32 Å². The third kappa shape index (κ3) is 5.52. The molecule has 2 aromatic rings. The van der Waals surface area contributed by atoms with Crippen molar-refractivity contribution in [2.45, 2.75) is 19.8 Å². The molecule has 0 aromatic heterocycles. The first-order chi connectivity index (χ1) is 11.6. The summed E-state index contributed by atoms with van der Waals surface area (Å²) in [6, 6.07) is 13.8. The van der Waals surface area contributed by atoms with E-state index in [1.54, 1.807) is 42.5 Å². The van der Waals surface area contributed by atoms with Crippen LogP contribution in [0.5, 0.6) is 0 Å². The van der Waals surface area contributed by atoms with Gasteiger partial charge in [0.1, 0.15) is 0 Å². The van der Waals surface area contributed by atoms with Crippen molar-refractivity contribution >= 4 is 35.3 Å². The van der Waals surface area contributed by atoms with Gasteiger partial charge >= 0.3 is 0 Å². The van der Waals surface area contributed by atoms with Crippen LogP contribution in [-0.4, -0.2) is 18.0 Å². The number of hydrogen-bond donors (Lipinski definition) is 2. The highest BCUT2D eigenvalue weighted by atomic mass is 35.5. The molecule has 0 aliphatic heterocycles. The Bertz CT molecular complexity index is 742. The van der Waals surface area contributed by atoms with E-state index in [-0.39, 0.29) is 11.8 Å². The number of carbonyl (C=O) groups excluding carboxylic acids is 2. The Balaban J connectivity index is 1.91. The molecule has 124 valence electrons. The SMILES string of the molecule is CCCC(=O)Nc1ccc(C(=O)NN=Cc2cccc(Cl)c2)cc1. The second-order valence-corrected chi connectivity index (χ2v) is 5.57. The zero-order valence-electron chi connectivity index (χ0n) is 13.3. The molecule has 0 fully saturated rings. The summed E-state index contributed by atoms with van der Waals surface area (Å²) in [5, 5.41) is 7.27. The first kappa shape index (κ1) is 17.7. The lowest BCUT2D eigenvalue weighted by atomic mass is 10.2. The van der Waals surface area contributed by atoms with Crippen LogP contribution in [0.1, 0.15) is 35.7 Å². The van der Waals surface area contributed by atoms with Crippen LogP contribution in [0.3, 0.4) is 0 Å². The first-order valence-corrected chi connectivity index (χ1v) is 7.95. The van der Waals surface area contributed by atoms with Gasteiger partial charge in [-0.3, -0.25) is 9.59 Å². The zero-order chi connectivity index (χ0) is 17.4. The molecule has 2 aromatic carbocycles. The fourth-order valence-electron chi connectivity index (χ4n) is 1.97. The predicted octanol–water partition coefficient (Wildman–Crippen LogP) is 3.84. The number of benzene rings is 2. The maximum absolute atomic E-state index is 12.0. The van der Waals surface area contributed by atoms with E-state index in [1.807, 2.05) is 13.0 Å². The molecule has 0 aliphatic rings. The van der Waals surface area contributed by atoms with E-state index in [2.05, 4.69) is 15.8 Å². The average Bonchev–Trinajstić information content (AvgIpc) is 2.55. The van der Waals surface area contributed by atoms with Crippen LogP contribution in [0, 0.1) is 0 Å². The maximum atomic E-state index is 12.0. The Morgan fingerprint density at radius 3 is 2.58 bits per heavy atom. The fraction of sp³-hybridized carbons (Fsp3) is 0.167. The molecule has 0 unspecified atom stereocenters. The Labute approximate surface area is 145 Å². The molecule has 5 nitrogen and oxygen atoms in total. The summed E-state index contributed by atoms with van der Waals surface area (Å²) >= 11 is 5.87. The number of anilines is 1. The highest BCUT2D eigenvalue weighted by molar-refractivity contribution is 6.30. The number of rotatable bonds is 6. The van der Waals surface area contributed by atoms with Crippen LogP contribution in [-0.2, 0) is 4.79 Å². The largest absolute Gasteiger partial charge is 0.326 e. The van der Waals surface area contributed by atoms with Gasteiger partial charge in [0.15, 0.2) is 0 Å². The maximum Gasteiger partial charge on any atom is 0.271 e. The quantitative estimate of drug-likeness (QED) is 0.618. The molecule has 0 saturated carbocycles. The normalized spacial score (nSPS) is 10.6. The zero-order valence-corrected chi connectivity index (χ0v) is 14.0. The summed E-state index contributed by atoms with van der Waals surface area (Å²) in [6.45, 7) is 1.94. The van der Waals surface area contributed by atoms with Crippen molar-refractivity contribution < 1.29 is 9.59 Å². The number of hydrogen-bond acceptors (Lipinski definition) is 3. The van der Waals surface area contributed by atoms with Crippen molar-refractivity contribution in [1.29, 1.82) is 0 Å². The van der Waals surface area contributed by atoms with Crippen molar-refractivity contribution in [3.63, 3.8) is 0 Å². The molecule has 0 atom stereocenters. The van der Waals surface area contributed by atoms with E-state index >= 15 is 0 Å². The third-order valence-corrected chi connectivity index (χ3v) is 3.37. The highest BCUT2D eigenvalue weighted by Crippen LogP contribution is 2.11. The molecule has 0 spiro atoms. The van der Waals surface area contributed by atoms with Crippen molar-refractivity contribution in [3.05, 3.63) is 64.7 Å². The van der Waals surface area contributed by atoms with E-state index in [9.17, 15) is 9.59 Å². The van der Waals surface area contributed by atoms with Crippen molar-refractivity contribution in [2.24, 2.45) is 5.10 Å². The summed E-state index contributed by atoms with van der Waals surface area (Å²) in [4.78, 5) is 23.5. The number of nitrogens with zero attached hydrogens (tertiary/aromatic N) is 1. The molecular formula is C18H18ClN3O2. The van der Waals surface area contributed by atoms with Gasteiger partial charge in [0.05, 0.1) is 6.21 Å². The van der Waals surface area contributed by atoms with Crippen LogP contribution < -0.4 is 10.7 Å². The number of hydrazone groups is 1. The minimum absolute atomic E-state index is 0.0409. The van der Waals surface area contributed by atoms with Crippen LogP contribution >= 0.6 is 11.6 Å². The summed E-state index contributed by atoms with van der Waals surface area (Å²) < 4.78 is 0. The minimum atomic E-state index is -0.334. The third-order valence-electron chi connectivity index (χ3n) is 3.14. The number of amides is 2. The van der Waals surface area contributed by atoms with E-state index in [0.29, 0.717) is 22.7 Å². The average molecular weight is 344 g/mol. The van der Waals surface area contributed by atoms with Crippen LogP contribution in [0.25, 0.3) is 0 Å². The molecule has 0 bridgehead atoms. The number of nitrogens with one attached hydrogen (secondary N) is 2. The van der Waals surface area contributed by atoms with Gasteiger partial charge in [-0.1, -0.05) is 30.7 Å². The lowest BCUT2D eigenvalue weighted by Crippen LogP contribution is -2.17. The molecule has 0 heterocycles. The lowest BCUT2D eigenvalue weighted by Gasteiger charge is -2.05. The first-order valence-electron chi connectivity index (χ1n) is 7.57. The lowest BCUT2D eigenvalue weighted by molar-refractivity contribution is -0.116. The molecule has 6 heteroatoms. The molecule has 0 aliphatic carbocycles. The van der Waals surface area contributed by atoms with E-state index in [4.69, 9.17) is 11.6 Å². The van der Waals surface area contributed by atoms with Crippen molar-refractivity contribution in [3.8, 4) is 0 Å². The Morgan fingerprint density at radius 1 is 1.17 bits per heavy atom. The molecule has 24 heavy (non-hydrogen) atoms. The Morgan fingerprint density at radius 2 is 1.92 bits per heavy atom. The molecule has 2 N–H and O–H groups in total. The van der Waals surface area contributed by atoms with Crippen molar-refractivity contribution in [1.82, 2.24) is 5.43 Å². The summed E-state index contributed by atoms with van der Waals surface area (Å²) in [5.41, 5.74) is 4.35. The fourth-order valence-corrected chi connectivity index (χ4v) is 2.17. The smallest absolute Gasteiger partial charge is 0.271 e. The van der Waals surface area contributed by atoms with Crippen LogP contribution in [0.15, 0.2) is 53.6 Å². The van der Waals surface area contributed by atoms with Gasteiger partial charge in [0.25, 0.3) is 5.91 Å². The van der Waals surface area contributed by atoms with Gasteiger partial charge in [-0.15, -0.1) is 0 Å². The number of halogens is 1. The van der Waals surface area contributed by atoms with Gasteiger partial charge in [0.2, 0.25) is 5.91 Å². The second kappa shape index (κ2) is 8.84. The molecule has 0 saturated heterocycles.